The Hall–Kier alpha value is -3.26. The van der Waals surface area contributed by atoms with Crippen LogP contribution in [0.5, 0.6) is 17.2 Å². The van der Waals surface area contributed by atoms with Crippen molar-refractivity contribution >= 4 is 35.1 Å². The molecule has 0 atom stereocenters. The van der Waals surface area contributed by atoms with Crippen molar-refractivity contribution in [1.29, 1.82) is 0 Å². The number of halogens is 1. The number of nitrogens with one attached hydrogen (secondary N) is 2. The van der Waals surface area contributed by atoms with Gasteiger partial charge in [-0.3, -0.25) is 9.59 Å². The third kappa shape index (κ3) is 6.63. The van der Waals surface area contributed by atoms with Gasteiger partial charge in [-0.2, -0.15) is 0 Å². The number of aromatic hydroxyl groups is 1. The number of ether oxygens (including phenoxy) is 2. The van der Waals surface area contributed by atoms with E-state index in [9.17, 15) is 19.5 Å². The van der Waals surface area contributed by atoms with Crippen LogP contribution < -0.4 is 15.4 Å². The molecule has 2 aromatic rings. The van der Waals surface area contributed by atoms with Crippen LogP contribution in [0.2, 0.25) is 5.02 Å². The molecule has 0 bridgehead atoms. The summed E-state index contributed by atoms with van der Waals surface area (Å²) in [5, 5.41) is 15.7. The molecule has 1 aliphatic rings. The number of carbonyl (C=O) groups is 3. The maximum Gasteiger partial charge on any atom is 0.397 e. The molecule has 2 amide bonds. The number of esters is 1. The molecule has 9 heteroatoms. The lowest BCUT2D eigenvalue weighted by molar-refractivity contribution is -0.152. The van der Waals surface area contributed by atoms with Gasteiger partial charge in [-0.05, 0) is 68.5 Å². The zero-order chi connectivity index (χ0) is 24.7. The zero-order valence-electron chi connectivity index (χ0n) is 19.3. The summed E-state index contributed by atoms with van der Waals surface area (Å²) in [5.74, 6) is -1.32. The molecule has 1 saturated carbocycles. The van der Waals surface area contributed by atoms with Gasteiger partial charge in [-0.15, -0.1) is 0 Å². The summed E-state index contributed by atoms with van der Waals surface area (Å²) in [6.45, 7) is 3.99. The van der Waals surface area contributed by atoms with E-state index in [1.807, 2.05) is 0 Å². The van der Waals surface area contributed by atoms with Gasteiger partial charge in [-0.1, -0.05) is 30.9 Å². The molecular formula is C25H29ClN2O6. The van der Waals surface area contributed by atoms with E-state index in [4.69, 9.17) is 16.3 Å². The third-order valence-electron chi connectivity index (χ3n) is 5.66. The Balaban J connectivity index is 1.70. The Bertz CT molecular complexity index is 1040. The summed E-state index contributed by atoms with van der Waals surface area (Å²) < 4.78 is 10.6. The highest BCUT2D eigenvalue weighted by atomic mass is 35.5. The molecule has 8 nitrogen and oxygen atoms in total. The fraction of sp³-hybridized carbons (Fsp3) is 0.400. The molecule has 0 spiro atoms. The fourth-order valence-electron chi connectivity index (χ4n) is 3.91. The van der Waals surface area contributed by atoms with Crippen molar-refractivity contribution in [3.8, 4) is 17.2 Å². The minimum atomic E-state index is -0.991. The van der Waals surface area contributed by atoms with Crippen molar-refractivity contribution in [2.45, 2.75) is 46.0 Å². The number of amides is 2. The predicted molar refractivity (Wildman–Crippen MR) is 129 cm³/mol. The van der Waals surface area contributed by atoms with E-state index >= 15 is 0 Å². The smallest absolute Gasteiger partial charge is 0.397 e. The zero-order valence-corrected chi connectivity index (χ0v) is 20.0. The van der Waals surface area contributed by atoms with Gasteiger partial charge in [0, 0.05) is 12.2 Å². The van der Waals surface area contributed by atoms with Crippen molar-refractivity contribution in [2.24, 2.45) is 5.92 Å². The lowest BCUT2D eigenvalue weighted by Gasteiger charge is -2.21. The Morgan fingerprint density at radius 3 is 2.53 bits per heavy atom. The Morgan fingerprint density at radius 2 is 1.85 bits per heavy atom. The van der Waals surface area contributed by atoms with E-state index in [0.717, 1.165) is 12.8 Å². The minimum Gasteiger partial charge on any atom is -0.507 e. The fourth-order valence-corrected chi connectivity index (χ4v) is 4.22. The summed E-state index contributed by atoms with van der Waals surface area (Å²) >= 11 is 6.36. The largest absolute Gasteiger partial charge is 0.507 e. The SMILES string of the molecule is CCOC(=O)C(=O)Nc1cc(C)c(Oc2ccc(O)c(C(=O)NCC3CCCCC3)c2)c(Cl)c1. The van der Waals surface area contributed by atoms with Gasteiger partial charge in [0.05, 0.1) is 17.2 Å². The van der Waals surface area contributed by atoms with Crippen molar-refractivity contribution < 1.29 is 29.0 Å². The average molecular weight is 489 g/mol. The predicted octanol–water partition coefficient (Wildman–Crippen LogP) is 4.96. The summed E-state index contributed by atoms with van der Waals surface area (Å²) in [4.78, 5) is 36.1. The first kappa shape index (κ1) is 25.4. The quantitative estimate of drug-likeness (QED) is 0.375. The molecule has 0 unspecified atom stereocenters. The number of phenols is 1. The molecule has 0 radical (unpaired) electrons. The number of hydrogen-bond acceptors (Lipinski definition) is 6. The van der Waals surface area contributed by atoms with E-state index in [-0.39, 0.29) is 28.8 Å². The first-order valence-electron chi connectivity index (χ1n) is 11.4. The van der Waals surface area contributed by atoms with Crippen molar-refractivity contribution in [1.82, 2.24) is 5.32 Å². The maximum atomic E-state index is 12.7. The minimum absolute atomic E-state index is 0.0893. The molecule has 34 heavy (non-hydrogen) atoms. The number of rotatable bonds is 7. The molecule has 2 aromatic carbocycles. The molecule has 1 fully saturated rings. The second-order valence-corrected chi connectivity index (χ2v) is 8.68. The van der Waals surface area contributed by atoms with Gasteiger partial charge in [0.1, 0.15) is 17.2 Å². The lowest BCUT2D eigenvalue weighted by atomic mass is 9.89. The second kappa shape index (κ2) is 11.7. The average Bonchev–Trinajstić information content (AvgIpc) is 2.81. The van der Waals surface area contributed by atoms with E-state index < -0.39 is 11.9 Å². The van der Waals surface area contributed by atoms with E-state index in [2.05, 4.69) is 15.4 Å². The van der Waals surface area contributed by atoms with Crippen molar-refractivity contribution in [3.05, 3.63) is 46.5 Å². The molecule has 1 aliphatic carbocycles. The van der Waals surface area contributed by atoms with E-state index in [1.165, 1.54) is 43.5 Å². The number of benzene rings is 2. The third-order valence-corrected chi connectivity index (χ3v) is 5.94. The molecule has 0 heterocycles. The summed E-state index contributed by atoms with van der Waals surface area (Å²) in [6, 6.07) is 7.41. The van der Waals surface area contributed by atoms with Gasteiger partial charge in [0.25, 0.3) is 5.91 Å². The number of anilines is 1. The van der Waals surface area contributed by atoms with Crippen LogP contribution >= 0.6 is 11.6 Å². The van der Waals surface area contributed by atoms with Crippen LogP contribution in [0, 0.1) is 12.8 Å². The van der Waals surface area contributed by atoms with Crippen LogP contribution in [0.4, 0.5) is 5.69 Å². The standard InChI is InChI=1S/C25H29ClN2O6/c1-3-33-25(32)24(31)28-17-11-15(2)22(20(26)12-17)34-18-9-10-21(29)19(13-18)23(30)27-14-16-7-5-4-6-8-16/h9-13,16,29H,3-8,14H2,1-2H3,(H,27,30)(H,28,31). The summed E-state index contributed by atoms with van der Waals surface area (Å²) in [6.07, 6.45) is 5.80. The lowest BCUT2D eigenvalue weighted by Crippen LogP contribution is -2.30. The molecule has 182 valence electrons. The highest BCUT2D eigenvalue weighted by Gasteiger charge is 2.19. The highest BCUT2D eigenvalue weighted by Crippen LogP contribution is 2.36. The van der Waals surface area contributed by atoms with E-state index in [0.29, 0.717) is 35.2 Å². The summed E-state index contributed by atoms with van der Waals surface area (Å²) in [7, 11) is 0. The van der Waals surface area contributed by atoms with Crippen LogP contribution in [0.3, 0.4) is 0 Å². The topological polar surface area (TPSA) is 114 Å². The van der Waals surface area contributed by atoms with Crippen LogP contribution in [0.25, 0.3) is 0 Å². The summed E-state index contributed by atoms with van der Waals surface area (Å²) in [5.41, 5.74) is 1.00. The first-order valence-corrected chi connectivity index (χ1v) is 11.7. The van der Waals surface area contributed by atoms with Gasteiger partial charge in [0.15, 0.2) is 0 Å². The van der Waals surface area contributed by atoms with Gasteiger partial charge < -0.3 is 25.2 Å². The van der Waals surface area contributed by atoms with Crippen LogP contribution in [-0.2, 0) is 14.3 Å². The van der Waals surface area contributed by atoms with Crippen LogP contribution in [0.1, 0.15) is 54.9 Å². The number of phenolic OH excluding ortho intramolecular Hbond substituents is 1. The van der Waals surface area contributed by atoms with Gasteiger partial charge in [0.2, 0.25) is 0 Å². The number of aryl methyl sites for hydroxylation is 1. The number of hydrogen-bond donors (Lipinski definition) is 3. The maximum absolute atomic E-state index is 12.7. The van der Waals surface area contributed by atoms with Crippen LogP contribution in [-0.4, -0.2) is 36.0 Å². The van der Waals surface area contributed by atoms with Crippen molar-refractivity contribution in [2.75, 3.05) is 18.5 Å². The Kier molecular flexibility index (Phi) is 8.76. The molecule has 0 aromatic heterocycles. The second-order valence-electron chi connectivity index (χ2n) is 8.27. The Labute approximate surface area is 203 Å². The highest BCUT2D eigenvalue weighted by molar-refractivity contribution is 6.37. The van der Waals surface area contributed by atoms with Gasteiger partial charge in [-0.25, -0.2) is 4.79 Å². The van der Waals surface area contributed by atoms with Crippen LogP contribution in [0.15, 0.2) is 30.3 Å². The normalized spacial score (nSPS) is 13.7. The van der Waals surface area contributed by atoms with Gasteiger partial charge >= 0.3 is 11.9 Å². The molecule has 3 N–H and O–H groups in total. The molecular weight excluding hydrogens is 460 g/mol. The monoisotopic (exact) mass is 488 g/mol. The first-order chi connectivity index (χ1) is 16.3. The molecule has 0 saturated heterocycles. The number of carbonyl (C=O) groups excluding carboxylic acids is 3. The Morgan fingerprint density at radius 1 is 1.12 bits per heavy atom. The van der Waals surface area contributed by atoms with Crippen molar-refractivity contribution in [3.63, 3.8) is 0 Å². The molecule has 0 aliphatic heterocycles. The molecule has 3 rings (SSSR count). The van der Waals surface area contributed by atoms with E-state index in [1.54, 1.807) is 19.9 Å².